The molecule has 1 heterocycles. The lowest BCUT2D eigenvalue weighted by Gasteiger charge is -2.44. The smallest absolute Gasteiger partial charge is 0.0694 e. The van der Waals surface area contributed by atoms with Gasteiger partial charge in [0.1, 0.15) is 0 Å². The maximum atomic E-state index is 6.47. The monoisotopic (exact) mass is 310 g/mol. The molecule has 0 amide bonds. The molecule has 118 valence electrons. The van der Waals surface area contributed by atoms with Crippen LogP contribution in [0.25, 0.3) is 0 Å². The summed E-state index contributed by atoms with van der Waals surface area (Å²) in [5, 5.41) is 4.37. The summed E-state index contributed by atoms with van der Waals surface area (Å²) >= 11 is 6.47. The molecule has 4 heteroatoms. The van der Waals surface area contributed by atoms with Gasteiger partial charge in [0.25, 0.3) is 0 Å². The van der Waals surface area contributed by atoms with Gasteiger partial charge in [0.05, 0.1) is 18.8 Å². The minimum Gasteiger partial charge on any atom is -0.377 e. The lowest BCUT2D eigenvalue weighted by Crippen LogP contribution is -2.53. The standard InChI is InChI=1S/C17H27ClN2O/c1-16(2,3)19-11-13-14(18)7-6-8-15(13)20-9-10-21-12-17(20,4)5/h6-8,19H,9-12H2,1-5H3. The van der Waals surface area contributed by atoms with Crippen molar-refractivity contribution in [3.63, 3.8) is 0 Å². The van der Waals surface area contributed by atoms with Gasteiger partial charge in [-0.2, -0.15) is 0 Å². The van der Waals surface area contributed by atoms with Gasteiger partial charge in [0.15, 0.2) is 0 Å². The second-order valence-electron chi connectivity index (χ2n) is 7.36. The molecule has 2 rings (SSSR count). The van der Waals surface area contributed by atoms with Gasteiger partial charge in [-0.3, -0.25) is 0 Å². The van der Waals surface area contributed by atoms with Crippen molar-refractivity contribution < 1.29 is 4.74 Å². The van der Waals surface area contributed by atoms with E-state index in [1.54, 1.807) is 0 Å². The molecule has 0 saturated carbocycles. The Labute approximate surface area is 133 Å². The molecule has 1 saturated heterocycles. The second kappa shape index (κ2) is 6.15. The molecular weight excluding hydrogens is 284 g/mol. The van der Waals surface area contributed by atoms with E-state index in [1.165, 1.54) is 11.3 Å². The van der Waals surface area contributed by atoms with E-state index in [0.29, 0.717) is 0 Å². The highest BCUT2D eigenvalue weighted by Gasteiger charge is 2.32. The summed E-state index contributed by atoms with van der Waals surface area (Å²) in [6.07, 6.45) is 0. The van der Waals surface area contributed by atoms with Crippen LogP contribution in [0.3, 0.4) is 0 Å². The molecule has 1 aliphatic heterocycles. The maximum absolute atomic E-state index is 6.47. The number of morpholine rings is 1. The number of benzene rings is 1. The Kier molecular flexibility index (Phi) is 4.86. The van der Waals surface area contributed by atoms with Gasteiger partial charge >= 0.3 is 0 Å². The quantitative estimate of drug-likeness (QED) is 0.918. The molecule has 0 radical (unpaired) electrons. The molecule has 0 unspecified atom stereocenters. The molecule has 0 aromatic heterocycles. The van der Waals surface area contributed by atoms with E-state index in [4.69, 9.17) is 16.3 Å². The first-order valence-electron chi connectivity index (χ1n) is 7.58. The number of halogens is 1. The highest BCUT2D eigenvalue weighted by Crippen LogP contribution is 2.33. The fourth-order valence-corrected chi connectivity index (χ4v) is 2.87. The van der Waals surface area contributed by atoms with Crippen molar-refractivity contribution >= 4 is 17.3 Å². The number of hydrogen-bond acceptors (Lipinski definition) is 3. The van der Waals surface area contributed by atoms with Crippen LogP contribution in [0.1, 0.15) is 40.2 Å². The first-order valence-corrected chi connectivity index (χ1v) is 7.96. The number of rotatable bonds is 3. The summed E-state index contributed by atoms with van der Waals surface area (Å²) in [7, 11) is 0. The van der Waals surface area contributed by atoms with Gasteiger partial charge in [0, 0.05) is 34.9 Å². The normalized spacial score (nSPS) is 18.9. The lowest BCUT2D eigenvalue weighted by molar-refractivity contribution is 0.0643. The molecule has 21 heavy (non-hydrogen) atoms. The summed E-state index contributed by atoms with van der Waals surface area (Å²) < 4.78 is 5.63. The van der Waals surface area contributed by atoms with E-state index in [0.717, 1.165) is 31.3 Å². The summed E-state index contributed by atoms with van der Waals surface area (Å²) in [6.45, 7) is 14.1. The van der Waals surface area contributed by atoms with Gasteiger partial charge in [-0.1, -0.05) is 17.7 Å². The van der Waals surface area contributed by atoms with Crippen molar-refractivity contribution in [2.45, 2.75) is 52.2 Å². The molecule has 0 bridgehead atoms. The molecule has 1 aromatic carbocycles. The second-order valence-corrected chi connectivity index (χ2v) is 7.76. The third-order valence-electron chi connectivity index (χ3n) is 3.83. The Balaban J connectivity index is 2.32. The van der Waals surface area contributed by atoms with Crippen LogP contribution in [0, 0.1) is 0 Å². The van der Waals surface area contributed by atoms with Gasteiger partial charge in [-0.15, -0.1) is 0 Å². The van der Waals surface area contributed by atoms with Crippen molar-refractivity contribution in [1.82, 2.24) is 5.32 Å². The van der Waals surface area contributed by atoms with E-state index in [1.807, 2.05) is 12.1 Å². The molecule has 1 aliphatic rings. The van der Waals surface area contributed by atoms with Crippen LogP contribution in [0.2, 0.25) is 5.02 Å². The number of nitrogens with zero attached hydrogens (tertiary/aromatic N) is 1. The number of ether oxygens (including phenoxy) is 1. The van der Waals surface area contributed by atoms with Crippen LogP contribution in [-0.2, 0) is 11.3 Å². The van der Waals surface area contributed by atoms with Crippen molar-refractivity contribution in [1.29, 1.82) is 0 Å². The highest BCUT2D eigenvalue weighted by atomic mass is 35.5. The highest BCUT2D eigenvalue weighted by molar-refractivity contribution is 6.31. The van der Waals surface area contributed by atoms with Gasteiger partial charge < -0.3 is 15.0 Å². The third kappa shape index (κ3) is 4.12. The molecule has 1 fully saturated rings. The van der Waals surface area contributed by atoms with Crippen LogP contribution in [-0.4, -0.2) is 30.8 Å². The molecule has 0 spiro atoms. The fraction of sp³-hybridized carbons (Fsp3) is 0.647. The van der Waals surface area contributed by atoms with E-state index < -0.39 is 0 Å². The largest absolute Gasteiger partial charge is 0.377 e. The minimum atomic E-state index is -0.0145. The zero-order valence-electron chi connectivity index (χ0n) is 13.8. The lowest BCUT2D eigenvalue weighted by atomic mass is 9.99. The molecule has 1 N–H and O–H groups in total. The summed E-state index contributed by atoms with van der Waals surface area (Å²) in [4.78, 5) is 2.42. The van der Waals surface area contributed by atoms with Crippen molar-refractivity contribution in [2.75, 3.05) is 24.7 Å². The molecule has 0 aliphatic carbocycles. The summed E-state index contributed by atoms with van der Waals surface area (Å²) in [5.41, 5.74) is 2.44. The Bertz CT molecular complexity index is 494. The molecule has 0 atom stereocenters. The van der Waals surface area contributed by atoms with Gasteiger partial charge in [0.2, 0.25) is 0 Å². The van der Waals surface area contributed by atoms with Crippen LogP contribution >= 0.6 is 11.6 Å². The van der Waals surface area contributed by atoms with E-state index in [2.05, 4.69) is 50.9 Å². The van der Waals surface area contributed by atoms with E-state index in [-0.39, 0.29) is 11.1 Å². The molecule has 1 aromatic rings. The average Bonchev–Trinajstić information content (AvgIpc) is 2.35. The number of hydrogen-bond donors (Lipinski definition) is 1. The Morgan fingerprint density at radius 1 is 1.33 bits per heavy atom. The van der Waals surface area contributed by atoms with Gasteiger partial charge in [-0.25, -0.2) is 0 Å². The Hall–Kier alpha value is -0.770. The molecule has 3 nitrogen and oxygen atoms in total. The maximum Gasteiger partial charge on any atom is 0.0694 e. The van der Waals surface area contributed by atoms with Crippen molar-refractivity contribution in [3.05, 3.63) is 28.8 Å². The fourth-order valence-electron chi connectivity index (χ4n) is 2.63. The first kappa shape index (κ1) is 16.6. The average molecular weight is 311 g/mol. The van der Waals surface area contributed by atoms with Crippen molar-refractivity contribution in [2.24, 2.45) is 0 Å². The van der Waals surface area contributed by atoms with E-state index >= 15 is 0 Å². The van der Waals surface area contributed by atoms with Crippen LogP contribution in [0.5, 0.6) is 0 Å². The minimum absolute atomic E-state index is 0.0145. The number of anilines is 1. The SMILES string of the molecule is CC(C)(C)NCc1c(Cl)cccc1N1CCOCC1(C)C. The van der Waals surface area contributed by atoms with Crippen LogP contribution in [0.4, 0.5) is 5.69 Å². The predicted octanol–water partition coefficient (Wildman–Crippen LogP) is 3.84. The van der Waals surface area contributed by atoms with Gasteiger partial charge in [-0.05, 0) is 46.8 Å². The van der Waals surface area contributed by atoms with Crippen LogP contribution in [0.15, 0.2) is 18.2 Å². The third-order valence-corrected chi connectivity index (χ3v) is 4.18. The Morgan fingerprint density at radius 2 is 2.05 bits per heavy atom. The van der Waals surface area contributed by atoms with E-state index in [9.17, 15) is 0 Å². The summed E-state index contributed by atoms with van der Waals surface area (Å²) in [5.74, 6) is 0. The first-order chi connectivity index (χ1) is 9.71. The zero-order valence-corrected chi connectivity index (χ0v) is 14.5. The topological polar surface area (TPSA) is 24.5 Å². The predicted molar refractivity (Wildman–Crippen MR) is 90.3 cm³/mol. The van der Waals surface area contributed by atoms with Crippen LogP contribution < -0.4 is 10.2 Å². The molecular formula is C17H27ClN2O. The Morgan fingerprint density at radius 3 is 2.67 bits per heavy atom. The van der Waals surface area contributed by atoms with Crippen molar-refractivity contribution in [3.8, 4) is 0 Å². The number of nitrogens with one attached hydrogen (secondary N) is 1. The zero-order chi connectivity index (χ0) is 15.7. The summed E-state index contributed by atoms with van der Waals surface area (Å²) in [6, 6.07) is 6.17.